The quantitative estimate of drug-likeness (QED) is 0.705. The van der Waals surface area contributed by atoms with Crippen molar-refractivity contribution in [1.82, 2.24) is 5.32 Å². The molecule has 0 aromatic heterocycles. The molecule has 110 valence electrons. The summed E-state index contributed by atoms with van der Waals surface area (Å²) in [4.78, 5) is 11.3. The van der Waals surface area contributed by atoms with Crippen LogP contribution in [0.3, 0.4) is 0 Å². The Hall–Kier alpha value is -0.850. The summed E-state index contributed by atoms with van der Waals surface area (Å²) < 4.78 is 17.9. The fourth-order valence-electron chi connectivity index (χ4n) is 1.29. The third-order valence-electron chi connectivity index (χ3n) is 2.20. The summed E-state index contributed by atoms with van der Waals surface area (Å²) >= 11 is 9.14. The van der Waals surface area contributed by atoms with Crippen LogP contribution < -0.4 is 10.1 Å². The summed E-state index contributed by atoms with van der Waals surface area (Å²) in [5.74, 6) is 0.633. The highest BCUT2D eigenvalue weighted by molar-refractivity contribution is 9.10. The van der Waals surface area contributed by atoms with Crippen LogP contribution in [0.15, 0.2) is 35.3 Å². The Morgan fingerprint density at radius 2 is 2.30 bits per heavy atom. The van der Waals surface area contributed by atoms with Crippen molar-refractivity contribution >= 4 is 44.2 Å². The van der Waals surface area contributed by atoms with Crippen LogP contribution in [0.1, 0.15) is 0 Å². The molecule has 1 rings (SSSR count). The van der Waals surface area contributed by atoms with E-state index >= 15 is 0 Å². The van der Waals surface area contributed by atoms with Crippen molar-refractivity contribution in [1.29, 1.82) is 0 Å². The molecule has 0 spiro atoms. The molecule has 0 radical (unpaired) electrons. The first-order valence-corrected chi connectivity index (χ1v) is 8.49. The zero-order valence-electron chi connectivity index (χ0n) is 10.7. The van der Waals surface area contributed by atoms with Crippen molar-refractivity contribution in [2.45, 2.75) is 0 Å². The molecule has 0 bridgehead atoms. The summed E-state index contributed by atoms with van der Waals surface area (Å²) in [7, 11) is -1.25. The van der Waals surface area contributed by atoms with Crippen molar-refractivity contribution in [3.05, 3.63) is 40.3 Å². The van der Waals surface area contributed by atoms with Gasteiger partial charge in [0.15, 0.2) is 0 Å². The maximum atomic E-state index is 11.7. The molecule has 0 aliphatic rings. The van der Waals surface area contributed by atoms with E-state index in [1.54, 1.807) is 24.3 Å². The zero-order valence-corrected chi connectivity index (χ0v) is 13.9. The monoisotopic (exact) mass is 379 g/mol. The molecule has 0 heterocycles. The molecule has 0 fully saturated rings. The van der Waals surface area contributed by atoms with E-state index in [1.807, 2.05) is 0 Å². The van der Waals surface area contributed by atoms with E-state index in [0.29, 0.717) is 17.3 Å². The Bertz CT molecular complexity index is 510. The molecule has 0 aliphatic carbocycles. The average Bonchev–Trinajstić information content (AvgIpc) is 2.39. The summed E-state index contributed by atoms with van der Waals surface area (Å²) in [6, 6.07) is 5.16. The largest absolute Gasteiger partial charge is 0.491 e. The number of hydrogen-bond acceptors (Lipinski definition) is 3. The van der Waals surface area contributed by atoms with E-state index in [4.69, 9.17) is 16.3 Å². The van der Waals surface area contributed by atoms with E-state index in [0.717, 1.165) is 4.47 Å². The number of benzene rings is 1. The third kappa shape index (κ3) is 6.54. The van der Waals surface area contributed by atoms with Crippen molar-refractivity contribution in [2.75, 3.05) is 24.7 Å². The van der Waals surface area contributed by atoms with Crippen molar-refractivity contribution < 1.29 is 13.7 Å². The van der Waals surface area contributed by atoms with Gasteiger partial charge in [0, 0.05) is 22.4 Å². The molecule has 0 aliphatic heterocycles. The van der Waals surface area contributed by atoms with Crippen LogP contribution in [0.25, 0.3) is 0 Å². The number of carbonyl (C=O) groups excluding carboxylic acids is 1. The van der Waals surface area contributed by atoms with Crippen LogP contribution in [-0.2, 0) is 15.6 Å². The minimum Gasteiger partial charge on any atom is -0.491 e. The second-order valence-corrected chi connectivity index (χ2v) is 6.67. The maximum Gasteiger partial charge on any atom is 0.232 e. The number of halogens is 2. The first kappa shape index (κ1) is 17.2. The maximum absolute atomic E-state index is 11.7. The van der Waals surface area contributed by atoms with Gasteiger partial charge in [0.1, 0.15) is 11.5 Å². The lowest BCUT2D eigenvalue weighted by molar-refractivity contribution is -0.118. The molecular weight excluding hydrogens is 366 g/mol. The summed E-state index contributed by atoms with van der Waals surface area (Å²) in [6.07, 6.45) is 1.57. The first-order chi connectivity index (χ1) is 9.52. The van der Waals surface area contributed by atoms with Crippen LogP contribution in [0, 0.1) is 0 Å². The fourth-order valence-corrected chi connectivity index (χ4v) is 2.90. The van der Waals surface area contributed by atoms with Gasteiger partial charge in [0.2, 0.25) is 5.91 Å². The van der Waals surface area contributed by atoms with Crippen molar-refractivity contribution in [3.8, 4) is 5.75 Å². The lowest BCUT2D eigenvalue weighted by Gasteiger charge is -2.08. The lowest BCUT2D eigenvalue weighted by atomic mass is 10.3. The number of hydrogen-bond donors (Lipinski definition) is 1. The normalized spacial score (nSPS) is 11.7. The van der Waals surface area contributed by atoms with Gasteiger partial charge in [-0.2, -0.15) is 0 Å². The average molecular weight is 381 g/mol. The van der Waals surface area contributed by atoms with Gasteiger partial charge >= 0.3 is 0 Å². The smallest absolute Gasteiger partial charge is 0.232 e. The SMILES string of the molecule is C=CCNC(=O)C[S@](=O)CCOc1ccc(Cl)cc1Br. The van der Waals surface area contributed by atoms with Crippen molar-refractivity contribution in [3.63, 3.8) is 0 Å². The third-order valence-corrected chi connectivity index (χ3v) is 4.26. The molecule has 4 nitrogen and oxygen atoms in total. The zero-order chi connectivity index (χ0) is 15.0. The predicted octanol–water partition coefficient (Wildman–Crippen LogP) is 2.53. The Balaban J connectivity index is 2.31. The number of rotatable bonds is 8. The van der Waals surface area contributed by atoms with Gasteiger partial charge in [-0.1, -0.05) is 17.7 Å². The first-order valence-electron chi connectivity index (χ1n) is 5.83. The second-order valence-electron chi connectivity index (χ2n) is 3.80. The Labute approximate surface area is 134 Å². The molecule has 1 aromatic carbocycles. The number of carbonyl (C=O) groups is 1. The van der Waals surface area contributed by atoms with Gasteiger partial charge in [-0.05, 0) is 34.1 Å². The van der Waals surface area contributed by atoms with E-state index in [2.05, 4.69) is 27.8 Å². The van der Waals surface area contributed by atoms with Gasteiger partial charge in [-0.3, -0.25) is 9.00 Å². The highest BCUT2D eigenvalue weighted by Gasteiger charge is 2.08. The topological polar surface area (TPSA) is 55.4 Å². The fraction of sp³-hybridized carbons (Fsp3) is 0.308. The lowest BCUT2D eigenvalue weighted by Crippen LogP contribution is -2.29. The Morgan fingerprint density at radius 3 is 2.95 bits per heavy atom. The van der Waals surface area contributed by atoms with Crippen LogP contribution in [0.2, 0.25) is 5.02 Å². The Morgan fingerprint density at radius 1 is 1.55 bits per heavy atom. The van der Waals surface area contributed by atoms with Gasteiger partial charge in [0.25, 0.3) is 0 Å². The Kier molecular flexibility index (Phi) is 7.87. The van der Waals surface area contributed by atoms with Crippen LogP contribution >= 0.6 is 27.5 Å². The molecule has 0 saturated carbocycles. The molecule has 0 saturated heterocycles. The molecule has 1 N–H and O–H groups in total. The summed E-state index contributed by atoms with van der Waals surface area (Å²) in [6.45, 7) is 4.13. The van der Waals surface area contributed by atoms with E-state index in [-0.39, 0.29) is 24.0 Å². The highest BCUT2D eigenvalue weighted by Crippen LogP contribution is 2.27. The molecule has 0 unspecified atom stereocenters. The minimum atomic E-state index is -1.25. The highest BCUT2D eigenvalue weighted by atomic mass is 79.9. The van der Waals surface area contributed by atoms with Gasteiger partial charge in [0.05, 0.1) is 16.8 Å². The molecule has 20 heavy (non-hydrogen) atoms. The predicted molar refractivity (Wildman–Crippen MR) is 85.7 cm³/mol. The number of nitrogens with one attached hydrogen (secondary N) is 1. The van der Waals surface area contributed by atoms with E-state index in [9.17, 15) is 9.00 Å². The molecule has 7 heteroatoms. The standard InChI is InChI=1S/C13H15BrClNO3S/c1-2-5-16-13(17)9-20(18)7-6-19-12-4-3-10(15)8-11(12)14/h2-4,8H,1,5-7,9H2,(H,16,17)/t20-/m1/s1. The van der Waals surface area contributed by atoms with Gasteiger partial charge in [-0.25, -0.2) is 0 Å². The minimum absolute atomic E-state index is 0.0288. The van der Waals surface area contributed by atoms with E-state index < -0.39 is 10.8 Å². The van der Waals surface area contributed by atoms with Crippen LogP contribution in [-0.4, -0.2) is 34.8 Å². The molecule has 1 atom stereocenters. The van der Waals surface area contributed by atoms with Crippen LogP contribution in [0.4, 0.5) is 0 Å². The number of amides is 1. The molecular formula is C13H15BrClNO3S. The summed E-state index contributed by atoms with van der Waals surface area (Å²) in [5, 5.41) is 3.18. The van der Waals surface area contributed by atoms with Crippen LogP contribution in [0.5, 0.6) is 5.75 Å². The van der Waals surface area contributed by atoms with Gasteiger partial charge in [-0.15, -0.1) is 6.58 Å². The van der Waals surface area contributed by atoms with E-state index in [1.165, 1.54) is 0 Å². The molecule has 1 amide bonds. The number of ether oxygens (including phenoxy) is 1. The molecule has 1 aromatic rings. The van der Waals surface area contributed by atoms with Crippen molar-refractivity contribution in [2.24, 2.45) is 0 Å². The second kappa shape index (κ2) is 9.15. The summed E-state index contributed by atoms with van der Waals surface area (Å²) in [5.41, 5.74) is 0. The van der Waals surface area contributed by atoms with Gasteiger partial charge < -0.3 is 10.1 Å².